The predicted octanol–water partition coefficient (Wildman–Crippen LogP) is 2.31. The zero-order chi connectivity index (χ0) is 14.5. The molecule has 1 aliphatic rings. The van der Waals surface area contributed by atoms with Gasteiger partial charge in [-0.15, -0.1) is 11.3 Å². The van der Waals surface area contributed by atoms with Gasteiger partial charge >= 0.3 is 5.97 Å². The molecule has 1 aromatic heterocycles. The molecule has 5 nitrogen and oxygen atoms in total. The van der Waals surface area contributed by atoms with Gasteiger partial charge in [0.25, 0.3) is 5.91 Å². The first-order chi connectivity index (χ1) is 9.67. The molecule has 1 aromatic rings. The molecule has 0 spiro atoms. The summed E-state index contributed by atoms with van der Waals surface area (Å²) in [6.45, 7) is 0.00105. The summed E-state index contributed by atoms with van der Waals surface area (Å²) in [5, 5.41) is 1.82. The lowest BCUT2D eigenvalue weighted by atomic mass is 10.2. The molecule has 1 saturated carbocycles. The molecule has 0 atom stereocenters. The largest absolute Gasteiger partial charge is 0.495 e. The van der Waals surface area contributed by atoms with Crippen LogP contribution in [0.25, 0.3) is 0 Å². The number of carbonyl (C=O) groups is 2. The number of ether oxygens (including phenoxy) is 2. The number of hydrogen-bond acceptors (Lipinski definition) is 5. The summed E-state index contributed by atoms with van der Waals surface area (Å²) in [6.07, 6.45) is 4.07. The van der Waals surface area contributed by atoms with E-state index in [1.54, 1.807) is 18.1 Å². The molecule has 2 rings (SSSR count). The first-order valence-corrected chi connectivity index (χ1v) is 7.54. The van der Waals surface area contributed by atoms with E-state index < -0.39 is 0 Å². The summed E-state index contributed by atoms with van der Waals surface area (Å²) in [5.41, 5.74) is 0. The summed E-state index contributed by atoms with van der Waals surface area (Å²) in [6, 6.07) is 1.89. The van der Waals surface area contributed by atoms with Gasteiger partial charge in [0.05, 0.1) is 14.2 Å². The van der Waals surface area contributed by atoms with Crippen molar-refractivity contribution in [2.24, 2.45) is 0 Å². The van der Waals surface area contributed by atoms with Crippen LogP contribution in [0.1, 0.15) is 35.4 Å². The Morgan fingerprint density at radius 2 is 2.05 bits per heavy atom. The number of hydrogen-bond donors (Lipinski definition) is 0. The molecule has 0 radical (unpaired) electrons. The van der Waals surface area contributed by atoms with Crippen molar-refractivity contribution in [3.05, 3.63) is 16.3 Å². The van der Waals surface area contributed by atoms with Crippen molar-refractivity contribution in [1.29, 1.82) is 0 Å². The van der Waals surface area contributed by atoms with Crippen molar-refractivity contribution in [2.75, 3.05) is 20.8 Å². The third kappa shape index (κ3) is 3.12. The highest BCUT2D eigenvalue weighted by Crippen LogP contribution is 2.30. The molecule has 110 valence electrons. The van der Waals surface area contributed by atoms with Crippen LogP contribution in [-0.2, 0) is 9.53 Å². The van der Waals surface area contributed by atoms with Crippen LogP contribution in [-0.4, -0.2) is 43.6 Å². The fourth-order valence-electron chi connectivity index (χ4n) is 2.53. The van der Waals surface area contributed by atoms with E-state index in [2.05, 4.69) is 0 Å². The Hall–Kier alpha value is -1.56. The molecule has 0 aliphatic heterocycles. The summed E-state index contributed by atoms with van der Waals surface area (Å²) in [4.78, 5) is 26.4. The van der Waals surface area contributed by atoms with Gasteiger partial charge in [-0.05, 0) is 24.3 Å². The normalized spacial score (nSPS) is 15.1. The highest BCUT2D eigenvalue weighted by molar-refractivity contribution is 7.12. The van der Waals surface area contributed by atoms with Crippen LogP contribution >= 0.6 is 11.3 Å². The van der Waals surface area contributed by atoms with Crippen LogP contribution in [0, 0.1) is 0 Å². The summed E-state index contributed by atoms with van der Waals surface area (Å²) in [5.74, 6) is 0.0304. The van der Waals surface area contributed by atoms with Crippen LogP contribution in [0.3, 0.4) is 0 Å². The molecule has 1 amide bonds. The number of esters is 1. The Bertz CT molecular complexity index is 479. The predicted molar refractivity (Wildman–Crippen MR) is 76.2 cm³/mol. The molecule has 0 saturated heterocycles. The van der Waals surface area contributed by atoms with Crippen LogP contribution in [0.5, 0.6) is 5.75 Å². The highest BCUT2D eigenvalue weighted by atomic mass is 32.1. The van der Waals surface area contributed by atoms with E-state index in [0.717, 1.165) is 25.7 Å². The second-order valence-electron chi connectivity index (χ2n) is 4.77. The molecule has 1 fully saturated rings. The zero-order valence-electron chi connectivity index (χ0n) is 11.8. The van der Waals surface area contributed by atoms with Gasteiger partial charge in [0, 0.05) is 6.04 Å². The maximum atomic E-state index is 12.7. The Morgan fingerprint density at radius 1 is 1.35 bits per heavy atom. The summed E-state index contributed by atoms with van der Waals surface area (Å²) in [7, 11) is 2.88. The van der Waals surface area contributed by atoms with Crippen LogP contribution in [0.2, 0.25) is 0 Å². The molecule has 0 N–H and O–H groups in total. The quantitative estimate of drug-likeness (QED) is 0.783. The maximum absolute atomic E-state index is 12.7. The SMILES string of the molecule is COC(=O)CN(C(=O)c1sccc1OC)C1CCCC1. The molecule has 1 aliphatic carbocycles. The number of carbonyl (C=O) groups excluding carboxylic acids is 2. The van der Waals surface area contributed by atoms with Gasteiger partial charge in [-0.3, -0.25) is 9.59 Å². The van der Waals surface area contributed by atoms with E-state index in [1.807, 2.05) is 5.38 Å². The highest BCUT2D eigenvalue weighted by Gasteiger charge is 2.31. The first-order valence-electron chi connectivity index (χ1n) is 6.66. The second kappa shape index (κ2) is 6.74. The smallest absolute Gasteiger partial charge is 0.325 e. The average molecular weight is 297 g/mol. The number of thiophene rings is 1. The molecular formula is C14H19NO4S. The standard InChI is InChI=1S/C14H19NO4S/c1-18-11-7-8-20-13(11)14(17)15(9-12(16)19-2)10-5-3-4-6-10/h7-8,10H,3-6,9H2,1-2H3. The number of nitrogens with zero attached hydrogens (tertiary/aromatic N) is 1. The van der Waals surface area contributed by atoms with E-state index in [1.165, 1.54) is 18.4 Å². The summed E-state index contributed by atoms with van der Waals surface area (Å²) < 4.78 is 9.90. The van der Waals surface area contributed by atoms with Crippen molar-refractivity contribution in [2.45, 2.75) is 31.7 Å². The van der Waals surface area contributed by atoms with Gasteiger partial charge in [0.1, 0.15) is 17.2 Å². The van der Waals surface area contributed by atoms with Gasteiger partial charge in [-0.1, -0.05) is 12.8 Å². The van der Waals surface area contributed by atoms with Crippen LogP contribution in [0.15, 0.2) is 11.4 Å². The zero-order valence-corrected chi connectivity index (χ0v) is 12.6. The molecular weight excluding hydrogens is 278 g/mol. The van der Waals surface area contributed by atoms with Gasteiger partial charge in [0.15, 0.2) is 0 Å². The molecule has 20 heavy (non-hydrogen) atoms. The molecule has 1 heterocycles. The second-order valence-corrected chi connectivity index (χ2v) is 5.68. The lowest BCUT2D eigenvalue weighted by Gasteiger charge is -2.27. The van der Waals surface area contributed by atoms with Crippen molar-refractivity contribution in [3.8, 4) is 5.75 Å². The van der Waals surface area contributed by atoms with Crippen molar-refractivity contribution in [3.63, 3.8) is 0 Å². The van der Waals surface area contributed by atoms with E-state index in [-0.39, 0.29) is 24.5 Å². The minimum atomic E-state index is -0.388. The van der Waals surface area contributed by atoms with Crippen molar-refractivity contribution in [1.82, 2.24) is 4.90 Å². The molecule has 6 heteroatoms. The summed E-state index contributed by atoms with van der Waals surface area (Å²) >= 11 is 1.34. The molecule has 0 aromatic carbocycles. The lowest BCUT2D eigenvalue weighted by Crippen LogP contribution is -2.42. The third-order valence-electron chi connectivity index (χ3n) is 3.60. The number of rotatable bonds is 5. The van der Waals surface area contributed by atoms with Crippen molar-refractivity contribution < 1.29 is 19.1 Å². The topological polar surface area (TPSA) is 55.8 Å². The van der Waals surface area contributed by atoms with Gasteiger partial charge in [-0.25, -0.2) is 0 Å². The van der Waals surface area contributed by atoms with E-state index in [9.17, 15) is 9.59 Å². The van der Waals surface area contributed by atoms with Crippen molar-refractivity contribution >= 4 is 23.2 Å². The van der Waals surface area contributed by atoms with Crippen LogP contribution in [0.4, 0.5) is 0 Å². The lowest BCUT2D eigenvalue weighted by molar-refractivity contribution is -0.141. The minimum absolute atomic E-state index is 0.00105. The van der Waals surface area contributed by atoms with Gasteiger partial charge in [-0.2, -0.15) is 0 Å². The van der Waals surface area contributed by atoms with E-state index in [0.29, 0.717) is 10.6 Å². The fraction of sp³-hybridized carbons (Fsp3) is 0.571. The van der Waals surface area contributed by atoms with Crippen LogP contribution < -0.4 is 4.74 Å². The molecule has 0 unspecified atom stereocenters. The Kier molecular flexibility index (Phi) is 5.00. The Labute approximate surface area is 122 Å². The number of methoxy groups -OCH3 is 2. The number of amides is 1. The minimum Gasteiger partial charge on any atom is -0.495 e. The maximum Gasteiger partial charge on any atom is 0.325 e. The van der Waals surface area contributed by atoms with Gasteiger partial charge in [0.2, 0.25) is 0 Å². The fourth-order valence-corrected chi connectivity index (χ4v) is 3.34. The monoisotopic (exact) mass is 297 g/mol. The Balaban J connectivity index is 2.20. The average Bonchev–Trinajstić information content (AvgIpc) is 3.13. The third-order valence-corrected chi connectivity index (χ3v) is 4.48. The van der Waals surface area contributed by atoms with E-state index >= 15 is 0 Å². The van der Waals surface area contributed by atoms with Gasteiger partial charge < -0.3 is 14.4 Å². The Morgan fingerprint density at radius 3 is 2.65 bits per heavy atom. The molecule has 0 bridgehead atoms. The first kappa shape index (κ1) is 14.8. The van der Waals surface area contributed by atoms with E-state index in [4.69, 9.17) is 9.47 Å².